The topological polar surface area (TPSA) is 172 Å². The number of carbonyl (C=O) groups is 1. The van der Waals surface area contributed by atoms with Crippen LogP contribution in [0.5, 0.6) is 0 Å². The highest BCUT2D eigenvalue weighted by Crippen LogP contribution is 2.50. The van der Waals surface area contributed by atoms with Crippen molar-refractivity contribution in [3.05, 3.63) is 0 Å². The molecule has 1 heterocycles. The molecule has 6 atom stereocenters. The number of ether oxygens (including phenoxy) is 3. The van der Waals surface area contributed by atoms with Crippen molar-refractivity contribution in [2.75, 3.05) is 6.61 Å². The van der Waals surface area contributed by atoms with Gasteiger partial charge in [0, 0.05) is 0 Å². The summed E-state index contributed by atoms with van der Waals surface area (Å²) in [5.74, 6) is -16.7. The number of aliphatic carboxylic acids is 1. The number of halogens is 12. The van der Waals surface area contributed by atoms with Gasteiger partial charge in [0.2, 0.25) is 0 Å². The van der Waals surface area contributed by atoms with Crippen LogP contribution in [0, 0.1) is 0 Å². The SMILES string of the molecule is N[C@@H]1[C@@H](O)[C@H](O)[C@@H](CO)O[C@H]1O.O=C(O)C(F)(F)C(F)OC(F)(F)C(F)(F)C(F)(F)OC(F)(F)F. The van der Waals surface area contributed by atoms with Crippen molar-refractivity contribution in [3.8, 4) is 0 Å². The molecule has 0 spiro atoms. The van der Waals surface area contributed by atoms with Crippen molar-refractivity contribution >= 4 is 5.97 Å². The molecular formula is C13H15F12NO9. The van der Waals surface area contributed by atoms with E-state index in [9.17, 15) is 67.7 Å². The first-order valence-corrected chi connectivity index (χ1v) is 8.25. The molecule has 0 aliphatic carbocycles. The van der Waals surface area contributed by atoms with Gasteiger partial charge in [-0.15, -0.1) is 13.2 Å². The molecule has 22 heteroatoms. The molecule has 7 N–H and O–H groups in total. The molecule has 0 aromatic rings. The van der Waals surface area contributed by atoms with Crippen molar-refractivity contribution in [1.82, 2.24) is 0 Å². The van der Waals surface area contributed by atoms with Crippen LogP contribution in [0.2, 0.25) is 0 Å². The van der Waals surface area contributed by atoms with Gasteiger partial charge in [-0.1, -0.05) is 0 Å². The van der Waals surface area contributed by atoms with Crippen LogP contribution in [-0.2, 0) is 19.0 Å². The van der Waals surface area contributed by atoms with Crippen LogP contribution >= 0.6 is 0 Å². The van der Waals surface area contributed by atoms with Crippen LogP contribution in [0.4, 0.5) is 52.7 Å². The Hall–Kier alpha value is -1.69. The minimum Gasteiger partial charge on any atom is -0.477 e. The maximum absolute atomic E-state index is 12.7. The molecule has 0 aromatic heterocycles. The fourth-order valence-electron chi connectivity index (χ4n) is 1.87. The quantitative estimate of drug-likeness (QED) is 0.225. The number of carboxylic acid groups (broad SMARTS) is 1. The third-order valence-corrected chi connectivity index (χ3v) is 3.75. The number of nitrogens with two attached hydrogens (primary N) is 1. The third-order valence-electron chi connectivity index (χ3n) is 3.75. The van der Waals surface area contributed by atoms with Crippen LogP contribution in [0.1, 0.15) is 0 Å². The Balaban J connectivity index is 0.000000801. The summed E-state index contributed by atoms with van der Waals surface area (Å²) in [6.45, 7) is -0.470. The second-order valence-corrected chi connectivity index (χ2v) is 6.32. The fourth-order valence-corrected chi connectivity index (χ4v) is 1.87. The molecule has 1 rings (SSSR count). The summed E-state index contributed by atoms with van der Waals surface area (Å²) in [4.78, 5) is 9.76. The minimum absolute atomic E-state index is 0.470. The van der Waals surface area contributed by atoms with Gasteiger partial charge in [-0.25, -0.2) is 13.9 Å². The number of carboxylic acids is 1. The molecule has 1 fully saturated rings. The van der Waals surface area contributed by atoms with Gasteiger partial charge in [-0.05, 0) is 0 Å². The molecule has 0 saturated carbocycles. The van der Waals surface area contributed by atoms with E-state index in [0.717, 1.165) is 0 Å². The van der Waals surface area contributed by atoms with Crippen LogP contribution in [0.25, 0.3) is 0 Å². The Kier molecular flexibility index (Phi) is 10.6. The second-order valence-electron chi connectivity index (χ2n) is 6.32. The van der Waals surface area contributed by atoms with Crippen LogP contribution in [-0.4, -0.2) is 106 Å². The van der Waals surface area contributed by atoms with Crippen molar-refractivity contribution in [2.45, 2.75) is 67.4 Å². The van der Waals surface area contributed by atoms with Gasteiger partial charge in [0.25, 0.3) is 6.36 Å². The Morgan fingerprint density at radius 1 is 0.914 bits per heavy atom. The van der Waals surface area contributed by atoms with E-state index >= 15 is 0 Å². The summed E-state index contributed by atoms with van der Waals surface area (Å²) in [6.07, 6.45) is -30.6. The van der Waals surface area contributed by atoms with Crippen molar-refractivity contribution in [1.29, 1.82) is 0 Å². The number of alkyl halides is 12. The second kappa shape index (κ2) is 11.1. The van der Waals surface area contributed by atoms with Crippen LogP contribution in [0.3, 0.4) is 0 Å². The first kappa shape index (κ1) is 33.3. The van der Waals surface area contributed by atoms with Gasteiger partial charge in [-0.2, -0.15) is 35.1 Å². The number of hydrogen-bond donors (Lipinski definition) is 6. The van der Waals surface area contributed by atoms with Gasteiger partial charge >= 0.3 is 36.4 Å². The normalized spacial score (nSPS) is 27.6. The lowest BCUT2D eigenvalue weighted by atomic mass is 9.98. The van der Waals surface area contributed by atoms with E-state index in [-0.39, 0.29) is 0 Å². The predicted molar refractivity (Wildman–Crippen MR) is 78.5 cm³/mol. The van der Waals surface area contributed by atoms with Gasteiger partial charge in [0.1, 0.15) is 18.3 Å². The van der Waals surface area contributed by atoms with E-state index in [1.54, 1.807) is 0 Å². The molecule has 0 radical (unpaired) electrons. The van der Waals surface area contributed by atoms with Crippen molar-refractivity contribution in [3.63, 3.8) is 0 Å². The molecule has 1 unspecified atom stereocenters. The number of hydrogen-bond acceptors (Lipinski definition) is 9. The van der Waals surface area contributed by atoms with E-state index in [2.05, 4.69) is 0 Å². The van der Waals surface area contributed by atoms with Gasteiger partial charge in [-0.3, -0.25) is 4.74 Å². The molecule has 210 valence electrons. The number of aliphatic hydroxyl groups is 4. The maximum Gasteiger partial charge on any atom is 0.527 e. The van der Waals surface area contributed by atoms with Crippen LogP contribution < -0.4 is 5.73 Å². The standard InChI is InChI=1S/C7H2F12O4.C6H13NO5/c8-1(3(9,10)2(20)21)22-5(13,14)4(11,12)6(15,16)23-7(17,18)19;7-3-5(10)4(9)2(1-8)12-6(3)11/h1H,(H,20,21);2-6,8-11H,1,7H2/t;2-,3-,4-,5-,6-/m.1/s1. The lowest BCUT2D eigenvalue weighted by molar-refractivity contribution is -0.514. The van der Waals surface area contributed by atoms with Gasteiger partial charge in [0.05, 0.1) is 12.6 Å². The van der Waals surface area contributed by atoms with E-state index in [1.165, 1.54) is 4.74 Å². The Morgan fingerprint density at radius 2 is 1.37 bits per heavy atom. The number of aliphatic hydroxyl groups excluding tert-OH is 4. The average molecular weight is 557 g/mol. The van der Waals surface area contributed by atoms with E-state index < -0.39 is 80.0 Å². The Bertz CT molecular complexity index is 705. The van der Waals surface area contributed by atoms with E-state index in [0.29, 0.717) is 0 Å². The highest BCUT2D eigenvalue weighted by molar-refractivity contribution is 5.75. The smallest absolute Gasteiger partial charge is 0.477 e. The highest BCUT2D eigenvalue weighted by Gasteiger charge is 2.78. The largest absolute Gasteiger partial charge is 0.527 e. The molecule has 1 aliphatic rings. The molecule has 1 saturated heterocycles. The maximum atomic E-state index is 12.7. The summed E-state index contributed by atoms with van der Waals surface area (Å²) in [5, 5.41) is 43.8. The fraction of sp³-hybridized carbons (Fsp3) is 0.923. The molecule has 10 nitrogen and oxygen atoms in total. The summed E-state index contributed by atoms with van der Waals surface area (Å²) in [7, 11) is 0. The molecule has 0 aromatic carbocycles. The molecule has 1 aliphatic heterocycles. The zero-order valence-corrected chi connectivity index (χ0v) is 16.2. The van der Waals surface area contributed by atoms with E-state index in [4.69, 9.17) is 25.8 Å². The molecular weight excluding hydrogens is 542 g/mol. The van der Waals surface area contributed by atoms with Crippen molar-refractivity contribution < 1.29 is 97.2 Å². The monoisotopic (exact) mass is 557 g/mol. The van der Waals surface area contributed by atoms with Gasteiger partial charge < -0.3 is 36.0 Å². The molecule has 0 amide bonds. The lowest BCUT2D eigenvalue weighted by Crippen LogP contribution is -2.61. The number of rotatable bonds is 8. The first-order valence-electron chi connectivity index (χ1n) is 8.25. The van der Waals surface area contributed by atoms with Crippen molar-refractivity contribution in [2.24, 2.45) is 5.73 Å². The van der Waals surface area contributed by atoms with E-state index in [1.807, 2.05) is 4.74 Å². The molecule has 35 heavy (non-hydrogen) atoms. The summed E-state index contributed by atoms with van der Waals surface area (Å²) in [6, 6.07) is -1.04. The zero-order valence-electron chi connectivity index (χ0n) is 16.2. The Morgan fingerprint density at radius 3 is 1.74 bits per heavy atom. The molecule has 0 bridgehead atoms. The summed E-state index contributed by atoms with van der Waals surface area (Å²) < 4.78 is 155. The average Bonchev–Trinajstić information content (AvgIpc) is 2.67. The predicted octanol–water partition coefficient (Wildman–Crippen LogP) is 0.121. The van der Waals surface area contributed by atoms with Gasteiger partial charge in [0.15, 0.2) is 6.29 Å². The zero-order chi connectivity index (χ0) is 28.4. The van der Waals surface area contributed by atoms with Crippen LogP contribution in [0.15, 0.2) is 0 Å². The lowest BCUT2D eigenvalue weighted by Gasteiger charge is -2.38. The third kappa shape index (κ3) is 7.90. The minimum atomic E-state index is -7.31. The highest BCUT2D eigenvalue weighted by atomic mass is 19.4. The Labute approximate surface area is 184 Å². The summed E-state index contributed by atoms with van der Waals surface area (Å²) in [5.41, 5.74) is 5.26. The first-order chi connectivity index (χ1) is 15.4. The summed E-state index contributed by atoms with van der Waals surface area (Å²) >= 11 is 0.